The Labute approximate surface area is 179 Å². The highest BCUT2D eigenvalue weighted by Crippen LogP contribution is 2.26. The number of carbonyl (C=O) groups is 2. The zero-order valence-electron chi connectivity index (χ0n) is 18.2. The van der Waals surface area contributed by atoms with Crippen molar-refractivity contribution in [1.82, 2.24) is 9.80 Å². The highest BCUT2D eigenvalue weighted by Gasteiger charge is 2.38. The number of rotatable bonds is 2. The van der Waals surface area contributed by atoms with E-state index in [2.05, 4.69) is 0 Å². The number of hydrogen-bond acceptors (Lipinski definition) is 5. The molecule has 2 amide bonds. The number of carbonyl (C=O) groups excluding carboxylic acids is 2. The Hall–Kier alpha value is -2.12. The molecular weight excluding hydrogens is 384 g/mol. The van der Waals surface area contributed by atoms with E-state index in [0.29, 0.717) is 31.0 Å². The molecule has 0 aliphatic carbocycles. The van der Waals surface area contributed by atoms with E-state index in [1.807, 2.05) is 25.2 Å². The van der Waals surface area contributed by atoms with Crippen molar-refractivity contribution in [3.8, 4) is 5.75 Å². The summed E-state index contributed by atoms with van der Waals surface area (Å²) in [5, 5.41) is 0. The highest BCUT2D eigenvalue weighted by atomic mass is 16.5. The summed E-state index contributed by atoms with van der Waals surface area (Å²) in [4.78, 5) is 28.9. The van der Waals surface area contributed by atoms with E-state index in [4.69, 9.17) is 14.2 Å². The van der Waals surface area contributed by atoms with E-state index in [1.165, 1.54) is 20.0 Å². The van der Waals surface area contributed by atoms with Crippen LogP contribution in [0, 0.1) is 0 Å². The Morgan fingerprint density at radius 3 is 2.57 bits per heavy atom. The van der Waals surface area contributed by atoms with Crippen LogP contribution in [0.25, 0.3) is 0 Å². The average molecular weight is 419 g/mol. The molecule has 0 N–H and O–H groups in total. The maximum Gasteiger partial charge on any atom is 0.257 e. The lowest BCUT2D eigenvalue weighted by atomic mass is 10.1. The van der Waals surface area contributed by atoms with Gasteiger partial charge in [-0.15, -0.1) is 0 Å². The van der Waals surface area contributed by atoms with E-state index >= 15 is 0 Å². The van der Waals surface area contributed by atoms with Crippen molar-refractivity contribution >= 4 is 11.8 Å². The number of likely N-dealkylation sites (tertiary alicyclic amines) is 1. The number of ether oxygens (including phenoxy) is 3. The van der Waals surface area contributed by atoms with Crippen LogP contribution in [0.5, 0.6) is 5.75 Å². The van der Waals surface area contributed by atoms with Gasteiger partial charge in [0, 0.05) is 27.3 Å². The normalized spacial score (nSPS) is 24.1. The maximum absolute atomic E-state index is 13.0. The first kappa shape index (κ1) is 22.6. The minimum atomic E-state index is -0.321. The fourth-order valence-electron chi connectivity index (χ4n) is 4.04. The van der Waals surface area contributed by atoms with Crippen LogP contribution in [0.3, 0.4) is 0 Å². The zero-order chi connectivity index (χ0) is 21.3. The number of fused-ring (bicyclic) bond motifs is 2. The molecule has 0 bridgehead atoms. The third-order valence-corrected chi connectivity index (χ3v) is 5.80. The Kier molecular flexibility index (Phi) is 8.51. The lowest BCUT2D eigenvalue weighted by Crippen LogP contribution is -2.34. The number of para-hydroxylation sites is 1. The summed E-state index contributed by atoms with van der Waals surface area (Å²) in [5.41, 5.74) is 0.549. The summed E-state index contributed by atoms with van der Waals surface area (Å²) in [6.07, 6.45) is 6.06. The van der Waals surface area contributed by atoms with Crippen LogP contribution in [-0.4, -0.2) is 80.8 Å². The van der Waals surface area contributed by atoms with Gasteiger partial charge < -0.3 is 24.0 Å². The first-order chi connectivity index (χ1) is 14.6. The van der Waals surface area contributed by atoms with Gasteiger partial charge in [0.1, 0.15) is 24.6 Å². The molecule has 0 aromatic heterocycles. The number of methoxy groups -OCH3 is 1. The van der Waals surface area contributed by atoms with Crippen LogP contribution in [0.2, 0.25) is 0 Å². The zero-order valence-corrected chi connectivity index (χ0v) is 18.2. The van der Waals surface area contributed by atoms with Gasteiger partial charge in [0.15, 0.2) is 0 Å². The molecule has 7 nitrogen and oxygen atoms in total. The molecule has 2 aliphatic rings. The van der Waals surface area contributed by atoms with Gasteiger partial charge in [0.25, 0.3) is 5.91 Å². The summed E-state index contributed by atoms with van der Waals surface area (Å²) in [5.74, 6) is 0.425. The van der Waals surface area contributed by atoms with E-state index in [9.17, 15) is 9.59 Å². The van der Waals surface area contributed by atoms with Crippen molar-refractivity contribution < 1.29 is 23.8 Å². The summed E-state index contributed by atoms with van der Waals surface area (Å²) >= 11 is 0. The third kappa shape index (κ3) is 5.95. The largest absolute Gasteiger partial charge is 0.485 e. The molecule has 2 aliphatic heterocycles. The number of nitrogens with zero attached hydrogens (tertiary/aromatic N) is 2. The molecule has 2 heterocycles. The van der Waals surface area contributed by atoms with Crippen LogP contribution in [0.4, 0.5) is 0 Å². The van der Waals surface area contributed by atoms with E-state index in [0.717, 1.165) is 32.2 Å². The molecule has 3 rings (SSSR count). The summed E-state index contributed by atoms with van der Waals surface area (Å²) in [6, 6.07) is 7.34. The molecule has 2 atom stereocenters. The number of amides is 2. The second-order valence-electron chi connectivity index (χ2n) is 8.14. The fraction of sp³-hybridized carbons (Fsp3) is 0.652. The fourth-order valence-corrected chi connectivity index (χ4v) is 4.04. The van der Waals surface area contributed by atoms with Gasteiger partial charge in [-0.1, -0.05) is 37.8 Å². The van der Waals surface area contributed by atoms with E-state index < -0.39 is 0 Å². The van der Waals surface area contributed by atoms with Gasteiger partial charge in [-0.3, -0.25) is 9.59 Å². The molecule has 1 aromatic rings. The first-order valence-corrected chi connectivity index (χ1v) is 11.0. The molecule has 30 heavy (non-hydrogen) atoms. The Morgan fingerprint density at radius 1 is 1.07 bits per heavy atom. The molecule has 0 unspecified atom stereocenters. The summed E-state index contributed by atoms with van der Waals surface area (Å²) in [6.45, 7) is 2.33. The molecule has 1 fully saturated rings. The molecular formula is C23H34N2O5. The Morgan fingerprint density at radius 2 is 1.77 bits per heavy atom. The van der Waals surface area contributed by atoms with Crippen LogP contribution in [-0.2, 0) is 14.3 Å². The molecule has 0 spiro atoms. The molecule has 1 saturated heterocycles. The van der Waals surface area contributed by atoms with E-state index in [1.54, 1.807) is 15.9 Å². The van der Waals surface area contributed by atoms with Crippen molar-refractivity contribution in [3.05, 3.63) is 29.8 Å². The molecule has 1 aromatic carbocycles. The van der Waals surface area contributed by atoms with Crippen LogP contribution in [0.1, 0.15) is 48.9 Å². The molecule has 0 radical (unpaired) electrons. The van der Waals surface area contributed by atoms with Crippen molar-refractivity contribution in [2.45, 2.75) is 50.7 Å². The van der Waals surface area contributed by atoms with Gasteiger partial charge in [0.05, 0.1) is 18.7 Å². The van der Waals surface area contributed by atoms with Gasteiger partial charge in [-0.05, 0) is 25.0 Å². The van der Waals surface area contributed by atoms with Gasteiger partial charge in [-0.2, -0.15) is 0 Å². The first-order valence-electron chi connectivity index (χ1n) is 11.0. The SMILES string of the molecule is COCC(=O)N1C[C@H]2OCCCCCCCCN(C)C(=O)c3ccccc3O[C@@H]2C1. The lowest BCUT2D eigenvalue weighted by molar-refractivity contribution is -0.134. The number of benzene rings is 1. The van der Waals surface area contributed by atoms with Crippen molar-refractivity contribution in [2.24, 2.45) is 0 Å². The Balaban J connectivity index is 1.80. The molecule has 166 valence electrons. The third-order valence-electron chi connectivity index (χ3n) is 5.80. The standard InChI is InChI=1S/C23H34N2O5/c1-24-13-9-5-3-4-6-10-14-29-20-15-25(22(26)17-28-2)16-21(20)30-19-12-8-7-11-18(19)23(24)27/h7-8,11-12,20-21H,3-6,9-10,13-17H2,1-2H3/t20-,21-/m1/s1. The highest BCUT2D eigenvalue weighted by molar-refractivity contribution is 5.96. The predicted octanol–water partition coefficient (Wildman–Crippen LogP) is 2.73. The summed E-state index contributed by atoms with van der Waals surface area (Å²) < 4.78 is 17.4. The topological polar surface area (TPSA) is 68.3 Å². The van der Waals surface area contributed by atoms with Crippen molar-refractivity contribution in [1.29, 1.82) is 0 Å². The monoisotopic (exact) mass is 418 g/mol. The van der Waals surface area contributed by atoms with Crippen LogP contribution in [0.15, 0.2) is 24.3 Å². The quantitative estimate of drug-likeness (QED) is 0.739. The van der Waals surface area contributed by atoms with Crippen LogP contribution < -0.4 is 4.74 Å². The van der Waals surface area contributed by atoms with Crippen LogP contribution >= 0.6 is 0 Å². The maximum atomic E-state index is 13.0. The van der Waals surface area contributed by atoms with Crippen molar-refractivity contribution in [3.63, 3.8) is 0 Å². The van der Waals surface area contributed by atoms with Gasteiger partial charge in [-0.25, -0.2) is 0 Å². The van der Waals surface area contributed by atoms with E-state index in [-0.39, 0.29) is 30.6 Å². The van der Waals surface area contributed by atoms with Gasteiger partial charge >= 0.3 is 0 Å². The lowest BCUT2D eigenvalue weighted by Gasteiger charge is -2.24. The smallest absolute Gasteiger partial charge is 0.257 e. The average Bonchev–Trinajstić information content (AvgIpc) is 3.14. The molecule has 7 heteroatoms. The second kappa shape index (κ2) is 11.3. The van der Waals surface area contributed by atoms with Crippen molar-refractivity contribution in [2.75, 3.05) is 47.0 Å². The predicted molar refractivity (Wildman–Crippen MR) is 114 cm³/mol. The van der Waals surface area contributed by atoms with Gasteiger partial charge in [0.2, 0.25) is 5.91 Å². The second-order valence-corrected chi connectivity index (χ2v) is 8.14. The Bertz CT molecular complexity index is 711. The minimum absolute atomic E-state index is 0.0410. The molecule has 0 saturated carbocycles. The number of hydrogen-bond donors (Lipinski definition) is 0. The minimum Gasteiger partial charge on any atom is -0.485 e. The summed E-state index contributed by atoms with van der Waals surface area (Å²) in [7, 11) is 3.36.